The topological polar surface area (TPSA) is 68.0 Å². The zero-order chi connectivity index (χ0) is 13.7. The Hall–Kier alpha value is -1.65. The number of amides is 1. The molecule has 1 aromatic heterocycles. The molecule has 1 heterocycles. The van der Waals surface area contributed by atoms with E-state index in [1.165, 1.54) is 0 Å². The summed E-state index contributed by atoms with van der Waals surface area (Å²) in [6.45, 7) is 0.975. The third-order valence-electron chi connectivity index (χ3n) is 2.78. The Bertz CT molecular complexity index is 586. The molecule has 0 aliphatic carbocycles. The molecule has 5 heteroatoms. The number of carbonyl (C=O) groups excluding carboxylic acids is 1. The summed E-state index contributed by atoms with van der Waals surface area (Å²) in [5, 5.41) is 4.44. The van der Waals surface area contributed by atoms with Crippen LogP contribution in [-0.4, -0.2) is 24.0 Å². The summed E-state index contributed by atoms with van der Waals surface area (Å²) in [6, 6.07) is 9.47. The number of aromatic nitrogens is 1. The molecule has 0 fully saturated rings. The second-order valence-electron chi connectivity index (χ2n) is 4.28. The quantitative estimate of drug-likeness (QED) is 0.877. The van der Waals surface area contributed by atoms with Crippen molar-refractivity contribution in [2.75, 3.05) is 13.1 Å². The molecule has 2 aromatic rings. The van der Waals surface area contributed by atoms with E-state index in [1.807, 2.05) is 30.3 Å². The van der Waals surface area contributed by atoms with Crippen molar-refractivity contribution < 1.29 is 4.79 Å². The van der Waals surface area contributed by atoms with Gasteiger partial charge in [0, 0.05) is 35.6 Å². The van der Waals surface area contributed by atoms with Crippen LogP contribution in [-0.2, 0) is 11.2 Å². The van der Waals surface area contributed by atoms with E-state index in [9.17, 15) is 4.79 Å². The molecule has 0 bridgehead atoms. The first-order valence-corrected chi connectivity index (χ1v) is 6.59. The normalized spacial score (nSPS) is 10.6. The van der Waals surface area contributed by atoms with Gasteiger partial charge in [0.1, 0.15) is 0 Å². The van der Waals surface area contributed by atoms with Gasteiger partial charge in [0.25, 0.3) is 0 Å². The molecule has 100 valence electrons. The zero-order valence-corrected chi connectivity index (χ0v) is 11.3. The Labute approximate surface area is 117 Å². The summed E-state index contributed by atoms with van der Waals surface area (Å²) in [5.41, 5.74) is 7.11. The number of hydrogen-bond acceptors (Lipinski definition) is 3. The van der Waals surface area contributed by atoms with Gasteiger partial charge in [0.2, 0.25) is 5.91 Å². The van der Waals surface area contributed by atoms with Crippen molar-refractivity contribution in [1.82, 2.24) is 10.3 Å². The summed E-state index contributed by atoms with van der Waals surface area (Å²) in [6.07, 6.45) is 1.04. The minimum absolute atomic E-state index is 0.00320. The summed E-state index contributed by atoms with van der Waals surface area (Å²) in [4.78, 5) is 16.0. The second-order valence-corrected chi connectivity index (χ2v) is 4.71. The number of nitrogens with two attached hydrogens (primary N) is 1. The number of carbonyl (C=O) groups is 1. The minimum atomic E-state index is 0.00320. The first-order chi connectivity index (χ1) is 9.19. The highest BCUT2D eigenvalue weighted by atomic mass is 35.5. The number of fused-ring (bicyclic) bond motifs is 1. The van der Waals surface area contributed by atoms with Crippen LogP contribution in [0.1, 0.15) is 12.1 Å². The van der Waals surface area contributed by atoms with E-state index in [1.54, 1.807) is 0 Å². The number of nitrogens with one attached hydrogen (secondary N) is 1. The van der Waals surface area contributed by atoms with E-state index in [0.717, 1.165) is 16.6 Å². The molecule has 2 rings (SSSR count). The molecule has 0 atom stereocenters. The zero-order valence-electron chi connectivity index (χ0n) is 10.5. The van der Waals surface area contributed by atoms with Gasteiger partial charge < -0.3 is 11.1 Å². The average molecular weight is 278 g/mol. The van der Waals surface area contributed by atoms with Crippen LogP contribution in [0.2, 0.25) is 5.02 Å². The Morgan fingerprint density at radius 3 is 2.95 bits per heavy atom. The second kappa shape index (κ2) is 6.50. The van der Waals surface area contributed by atoms with Crippen LogP contribution in [0.4, 0.5) is 0 Å². The first kappa shape index (κ1) is 13.8. The van der Waals surface area contributed by atoms with Crippen molar-refractivity contribution in [3.63, 3.8) is 0 Å². The fraction of sp³-hybridized carbons (Fsp3) is 0.286. The smallest absolute Gasteiger partial charge is 0.220 e. The SMILES string of the molecule is NCCNC(=O)CCc1ccc2cc(Cl)ccc2n1. The predicted molar refractivity (Wildman–Crippen MR) is 77.1 cm³/mol. The Kier molecular flexibility index (Phi) is 4.71. The predicted octanol–water partition coefficient (Wildman–Crippen LogP) is 1.90. The maximum atomic E-state index is 11.5. The summed E-state index contributed by atoms with van der Waals surface area (Å²) in [5.74, 6) is 0.00320. The standard InChI is InChI=1S/C14H16ClN3O/c15-11-2-5-13-10(9-11)1-3-12(18-13)4-6-14(19)17-8-7-16/h1-3,5,9H,4,6-8,16H2,(H,17,19). The first-order valence-electron chi connectivity index (χ1n) is 6.21. The van der Waals surface area contributed by atoms with Crippen LogP contribution in [0.25, 0.3) is 10.9 Å². The highest BCUT2D eigenvalue weighted by Crippen LogP contribution is 2.18. The number of aryl methyl sites for hydroxylation is 1. The lowest BCUT2D eigenvalue weighted by Crippen LogP contribution is -2.29. The number of rotatable bonds is 5. The highest BCUT2D eigenvalue weighted by Gasteiger charge is 2.03. The van der Waals surface area contributed by atoms with Crippen molar-refractivity contribution >= 4 is 28.4 Å². The van der Waals surface area contributed by atoms with Gasteiger partial charge in [-0.05, 0) is 30.7 Å². The molecule has 0 saturated heterocycles. The van der Waals surface area contributed by atoms with Gasteiger partial charge >= 0.3 is 0 Å². The van der Waals surface area contributed by atoms with Crippen molar-refractivity contribution in [3.05, 3.63) is 41.0 Å². The molecular formula is C14H16ClN3O. The van der Waals surface area contributed by atoms with E-state index < -0.39 is 0 Å². The molecule has 1 amide bonds. The number of nitrogens with zero attached hydrogens (tertiary/aromatic N) is 1. The lowest BCUT2D eigenvalue weighted by molar-refractivity contribution is -0.121. The molecule has 0 unspecified atom stereocenters. The largest absolute Gasteiger partial charge is 0.355 e. The molecule has 4 nitrogen and oxygen atoms in total. The number of benzene rings is 1. The highest BCUT2D eigenvalue weighted by molar-refractivity contribution is 6.31. The lowest BCUT2D eigenvalue weighted by Gasteiger charge is -2.04. The Morgan fingerprint density at radius 1 is 1.32 bits per heavy atom. The molecule has 3 N–H and O–H groups in total. The van der Waals surface area contributed by atoms with Crippen molar-refractivity contribution in [3.8, 4) is 0 Å². The van der Waals surface area contributed by atoms with E-state index in [0.29, 0.717) is 31.0 Å². The Balaban J connectivity index is 2.01. The molecule has 0 aliphatic rings. The number of pyridine rings is 1. The van der Waals surface area contributed by atoms with E-state index in [4.69, 9.17) is 17.3 Å². The fourth-order valence-electron chi connectivity index (χ4n) is 1.82. The number of halogens is 1. The van der Waals surface area contributed by atoms with Crippen molar-refractivity contribution in [2.24, 2.45) is 5.73 Å². The summed E-state index contributed by atoms with van der Waals surface area (Å²) < 4.78 is 0. The third kappa shape index (κ3) is 3.91. The molecule has 0 radical (unpaired) electrons. The van der Waals surface area contributed by atoms with E-state index >= 15 is 0 Å². The van der Waals surface area contributed by atoms with Gasteiger partial charge in [-0.2, -0.15) is 0 Å². The van der Waals surface area contributed by atoms with Crippen LogP contribution >= 0.6 is 11.6 Å². The average Bonchev–Trinajstić information content (AvgIpc) is 2.42. The molecule has 19 heavy (non-hydrogen) atoms. The number of hydrogen-bond donors (Lipinski definition) is 2. The lowest BCUT2D eigenvalue weighted by atomic mass is 10.1. The monoisotopic (exact) mass is 277 g/mol. The van der Waals surface area contributed by atoms with Crippen LogP contribution in [0.5, 0.6) is 0 Å². The van der Waals surface area contributed by atoms with Gasteiger partial charge in [-0.15, -0.1) is 0 Å². The van der Waals surface area contributed by atoms with Crippen LogP contribution < -0.4 is 11.1 Å². The fourth-order valence-corrected chi connectivity index (χ4v) is 2.00. The van der Waals surface area contributed by atoms with Gasteiger partial charge in [-0.25, -0.2) is 0 Å². The molecule has 0 saturated carbocycles. The molecule has 1 aromatic carbocycles. The minimum Gasteiger partial charge on any atom is -0.355 e. The van der Waals surface area contributed by atoms with Crippen LogP contribution in [0, 0.1) is 0 Å². The molecule has 0 spiro atoms. The summed E-state index contributed by atoms with van der Waals surface area (Å²) in [7, 11) is 0. The third-order valence-corrected chi connectivity index (χ3v) is 3.02. The van der Waals surface area contributed by atoms with Crippen LogP contribution in [0.15, 0.2) is 30.3 Å². The maximum Gasteiger partial charge on any atom is 0.220 e. The van der Waals surface area contributed by atoms with Crippen LogP contribution in [0.3, 0.4) is 0 Å². The van der Waals surface area contributed by atoms with Gasteiger partial charge in [0.15, 0.2) is 0 Å². The molecular weight excluding hydrogens is 262 g/mol. The summed E-state index contributed by atoms with van der Waals surface area (Å²) >= 11 is 5.92. The van der Waals surface area contributed by atoms with E-state index in [-0.39, 0.29) is 5.91 Å². The van der Waals surface area contributed by atoms with Gasteiger partial charge in [-0.3, -0.25) is 9.78 Å². The molecule has 0 aliphatic heterocycles. The van der Waals surface area contributed by atoms with Gasteiger partial charge in [-0.1, -0.05) is 17.7 Å². The Morgan fingerprint density at radius 2 is 2.16 bits per heavy atom. The maximum absolute atomic E-state index is 11.5. The van der Waals surface area contributed by atoms with Crippen molar-refractivity contribution in [1.29, 1.82) is 0 Å². The van der Waals surface area contributed by atoms with Crippen molar-refractivity contribution in [2.45, 2.75) is 12.8 Å². The van der Waals surface area contributed by atoms with E-state index in [2.05, 4.69) is 10.3 Å². The van der Waals surface area contributed by atoms with Gasteiger partial charge in [0.05, 0.1) is 5.52 Å².